The van der Waals surface area contributed by atoms with Gasteiger partial charge in [-0.3, -0.25) is 4.79 Å². The zero-order valence-electron chi connectivity index (χ0n) is 11.7. The molecule has 0 spiro atoms. The standard InChI is InChI=1S/C14H19NO4S/c1-10-6-11(2)8-13(7-10)20(18,19)15-5-3-4-12(9-15)14(16)17/h6-8,12H,3-5,9H2,1-2H3,(H,16,17)/t12-/m1/s1. The maximum Gasteiger partial charge on any atom is 0.307 e. The molecule has 0 saturated carbocycles. The van der Waals surface area contributed by atoms with Crippen molar-refractivity contribution in [3.05, 3.63) is 29.3 Å². The lowest BCUT2D eigenvalue weighted by Crippen LogP contribution is -2.42. The molecule has 0 radical (unpaired) electrons. The third-order valence-corrected chi connectivity index (χ3v) is 5.41. The highest BCUT2D eigenvalue weighted by molar-refractivity contribution is 7.89. The SMILES string of the molecule is Cc1cc(C)cc(S(=O)(=O)N2CCC[C@@H](C(=O)O)C2)c1. The van der Waals surface area contributed by atoms with E-state index in [4.69, 9.17) is 5.11 Å². The minimum atomic E-state index is -3.60. The van der Waals surface area contributed by atoms with Crippen LogP contribution in [0.1, 0.15) is 24.0 Å². The Morgan fingerprint density at radius 1 is 1.25 bits per heavy atom. The van der Waals surface area contributed by atoms with Gasteiger partial charge in [-0.05, 0) is 49.9 Å². The van der Waals surface area contributed by atoms with E-state index in [1.165, 1.54) is 4.31 Å². The predicted molar refractivity (Wildman–Crippen MR) is 75.0 cm³/mol. The molecule has 2 rings (SSSR count). The summed E-state index contributed by atoms with van der Waals surface area (Å²) in [7, 11) is -3.60. The summed E-state index contributed by atoms with van der Waals surface area (Å²) in [4.78, 5) is 11.3. The molecule has 1 N–H and O–H groups in total. The fraction of sp³-hybridized carbons (Fsp3) is 0.500. The molecule has 1 aromatic carbocycles. The van der Waals surface area contributed by atoms with Gasteiger partial charge >= 0.3 is 5.97 Å². The average Bonchev–Trinajstić information content (AvgIpc) is 2.37. The molecule has 110 valence electrons. The van der Waals surface area contributed by atoms with E-state index in [9.17, 15) is 13.2 Å². The average molecular weight is 297 g/mol. The van der Waals surface area contributed by atoms with Crippen molar-refractivity contribution < 1.29 is 18.3 Å². The molecule has 20 heavy (non-hydrogen) atoms. The van der Waals surface area contributed by atoms with Crippen LogP contribution in [0.4, 0.5) is 0 Å². The van der Waals surface area contributed by atoms with Gasteiger partial charge in [0.25, 0.3) is 0 Å². The molecule has 6 heteroatoms. The van der Waals surface area contributed by atoms with Crippen LogP contribution in [0, 0.1) is 19.8 Å². The Bertz CT molecular complexity index is 604. The number of carboxylic acids is 1. The van der Waals surface area contributed by atoms with Crippen molar-refractivity contribution >= 4 is 16.0 Å². The van der Waals surface area contributed by atoms with Crippen LogP contribution in [0.3, 0.4) is 0 Å². The van der Waals surface area contributed by atoms with Gasteiger partial charge in [0, 0.05) is 13.1 Å². The van der Waals surface area contributed by atoms with Crippen LogP contribution >= 0.6 is 0 Å². The quantitative estimate of drug-likeness (QED) is 0.923. The van der Waals surface area contributed by atoms with Crippen molar-refractivity contribution in [3.63, 3.8) is 0 Å². The normalized spacial score (nSPS) is 20.8. The minimum absolute atomic E-state index is 0.0602. The van der Waals surface area contributed by atoms with Crippen LogP contribution in [-0.4, -0.2) is 36.9 Å². The molecule has 1 saturated heterocycles. The molecular weight excluding hydrogens is 278 g/mol. The van der Waals surface area contributed by atoms with Gasteiger partial charge in [-0.2, -0.15) is 4.31 Å². The number of aliphatic carboxylic acids is 1. The topological polar surface area (TPSA) is 74.7 Å². The fourth-order valence-electron chi connectivity index (χ4n) is 2.59. The number of carboxylic acid groups (broad SMARTS) is 1. The van der Waals surface area contributed by atoms with Crippen LogP contribution in [0.5, 0.6) is 0 Å². The molecule has 1 aromatic rings. The summed E-state index contributed by atoms with van der Waals surface area (Å²) in [5.74, 6) is -1.53. The van der Waals surface area contributed by atoms with Gasteiger partial charge in [0.05, 0.1) is 10.8 Å². The van der Waals surface area contributed by atoms with Crippen molar-refractivity contribution in [1.29, 1.82) is 0 Å². The first-order valence-electron chi connectivity index (χ1n) is 6.62. The molecule has 5 nitrogen and oxygen atoms in total. The van der Waals surface area contributed by atoms with Crippen molar-refractivity contribution in [3.8, 4) is 0 Å². The molecular formula is C14H19NO4S. The van der Waals surface area contributed by atoms with E-state index in [1.54, 1.807) is 12.1 Å². The van der Waals surface area contributed by atoms with Crippen LogP contribution in [-0.2, 0) is 14.8 Å². The van der Waals surface area contributed by atoms with Gasteiger partial charge in [0.1, 0.15) is 0 Å². The smallest absolute Gasteiger partial charge is 0.307 e. The third-order valence-electron chi connectivity index (χ3n) is 3.57. The first-order chi connectivity index (χ1) is 9.30. The van der Waals surface area contributed by atoms with E-state index >= 15 is 0 Å². The first-order valence-corrected chi connectivity index (χ1v) is 8.06. The summed E-state index contributed by atoms with van der Waals surface area (Å²) < 4.78 is 26.5. The Morgan fingerprint density at radius 2 is 1.85 bits per heavy atom. The lowest BCUT2D eigenvalue weighted by molar-refractivity contribution is -0.142. The number of aryl methyl sites for hydroxylation is 2. The Morgan fingerprint density at radius 3 is 2.40 bits per heavy atom. The summed E-state index contributed by atoms with van der Waals surface area (Å²) in [5, 5.41) is 9.06. The molecule has 0 aromatic heterocycles. The van der Waals surface area contributed by atoms with Crippen LogP contribution in [0.25, 0.3) is 0 Å². The number of carbonyl (C=O) groups is 1. The van der Waals surface area contributed by atoms with Gasteiger partial charge in [0.15, 0.2) is 0 Å². The zero-order valence-corrected chi connectivity index (χ0v) is 12.5. The third kappa shape index (κ3) is 3.02. The molecule has 1 fully saturated rings. The van der Waals surface area contributed by atoms with Gasteiger partial charge in [-0.15, -0.1) is 0 Å². The summed E-state index contributed by atoms with van der Waals surface area (Å²) in [6, 6.07) is 5.18. The number of hydrogen-bond acceptors (Lipinski definition) is 3. The van der Waals surface area contributed by atoms with E-state index in [0.29, 0.717) is 19.4 Å². The van der Waals surface area contributed by atoms with E-state index in [0.717, 1.165) is 11.1 Å². The van der Waals surface area contributed by atoms with E-state index in [2.05, 4.69) is 0 Å². The van der Waals surface area contributed by atoms with E-state index in [-0.39, 0.29) is 11.4 Å². The predicted octanol–water partition coefficient (Wildman–Crippen LogP) is 1.79. The summed E-state index contributed by atoms with van der Waals surface area (Å²) >= 11 is 0. The van der Waals surface area contributed by atoms with Gasteiger partial charge in [-0.1, -0.05) is 6.07 Å². The summed E-state index contributed by atoms with van der Waals surface area (Å²) in [5.41, 5.74) is 1.77. The van der Waals surface area contributed by atoms with Gasteiger partial charge in [-0.25, -0.2) is 8.42 Å². The number of piperidine rings is 1. The van der Waals surface area contributed by atoms with E-state index < -0.39 is 21.9 Å². The monoisotopic (exact) mass is 297 g/mol. The Labute approximate surface area is 119 Å². The second-order valence-electron chi connectivity index (χ2n) is 5.36. The van der Waals surface area contributed by atoms with Crippen LogP contribution in [0.15, 0.2) is 23.1 Å². The van der Waals surface area contributed by atoms with E-state index in [1.807, 2.05) is 19.9 Å². The van der Waals surface area contributed by atoms with Gasteiger partial charge < -0.3 is 5.11 Å². The largest absolute Gasteiger partial charge is 0.481 e. The van der Waals surface area contributed by atoms with Crippen molar-refractivity contribution in [2.45, 2.75) is 31.6 Å². The second-order valence-corrected chi connectivity index (χ2v) is 7.30. The Kier molecular flexibility index (Phi) is 4.15. The lowest BCUT2D eigenvalue weighted by Gasteiger charge is -2.30. The molecule has 1 aliphatic heterocycles. The minimum Gasteiger partial charge on any atom is -0.481 e. The molecule has 1 aliphatic rings. The summed E-state index contributed by atoms with van der Waals surface area (Å²) in [6.07, 6.45) is 1.12. The Balaban J connectivity index is 2.32. The maximum absolute atomic E-state index is 12.6. The van der Waals surface area contributed by atoms with Crippen LogP contribution in [0.2, 0.25) is 0 Å². The number of nitrogens with zero attached hydrogens (tertiary/aromatic N) is 1. The van der Waals surface area contributed by atoms with Crippen molar-refractivity contribution in [2.75, 3.05) is 13.1 Å². The number of rotatable bonds is 3. The zero-order chi connectivity index (χ0) is 14.9. The molecule has 0 unspecified atom stereocenters. The second kappa shape index (κ2) is 5.54. The molecule has 1 atom stereocenters. The van der Waals surface area contributed by atoms with Gasteiger partial charge in [0.2, 0.25) is 10.0 Å². The van der Waals surface area contributed by atoms with Crippen LogP contribution < -0.4 is 0 Å². The lowest BCUT2D eigenvalue weighted by atomic mass is 10.0. The molecule has 1 heterocycles. The number of benzene rings is 1. The summed E-state index contributed by atoms with van der Waals surface area (Å²) in [6.45, 7) is 4.15. The number of sulfonamides is 1. The fourth-order valence-corrected chi connectivity index (χ4v) is 4.31. The first kappa shape index (κ1) is 15.0. The number of hydrogen-bond donors (Lipinski definition) is 1. The Hall–Kier alpha value is -1.40. The highest BCUT2D eigenvalue weighted by Crippen LogP contribution is 2.25. The van der Waals surface area contributed by atoms with Crippen molar-refractivity contribution in [2.24, 2.45) is 5.92 Å². The molecule has 0 bridgehead atoms. The maximum atomic E-state index is 12.6. The molecule has 0 aliphatic carbocycles. The van der Waals surface area contributed by atoms with Crippen molar-refractivity contribution in [1.82, 2.24) is 4.31 Å². The highest BCUT2D eigenvalue weighted by atomic mass is 32.2. The molecule has 0 amide bonds. The highest BCUT2D eigenvalue weighted by Gasteiger charge is 2.33.